The number of ether oxygens (including phenoxy) is 2. The summed E-state index contributed by atoms with van der Waals surface area (Å²) in [6.07, 6.45) is 3.19. The first-order valence-electron chi connectivity index (χ1n) is 7.92. The van der Waals surface area contributed by atoms with E-state index in [1.165, 1.54) is 0 Å². The van der Waals surface area contributed by atoms with Crippen LogP contribution in [0.25, 0.3) is 0 Å². The number of amides is 1. The zero-order valence-electron chi connectivity index (χ0n) is 13.2. The molecule has 1 unspecified atom stereocenters. The Kier molecular flexibility index (Phi) is 5.35. The van der Waals surface area contributed by atoms with Gasteiger partial charge in [0.05, 0.1) is 6.04 Å². The molecule has 24 heavy (non-hydrogen) atoms. The van der Waals surface area contributed by atoms with E-state index in [1.807, 2.05) is 0 Å². The summed E-state index contributed by atoms with van der Waals surface area (Å²) in [5, 5.41) is 10.5. The second-order valence-corrected chi connectivity index (χ2v) is 5.66. The maximum absolute atomic E-state index is 12.3. The number of nitrogens with two attached hydrogens (primary N) is 1. The molecule has 0 bridgehead atoms. The summed E-state index contributed by atoms with van der Waals surface area (Å²) >= 11 is 0. The fourth-order valence-corrected chi connectivity index (χ4v) is 2.61. The Balaban J connectivity index is 1.62. The number of hydrogen-bond acceptors (Lipinski definition) is 6. The number of benzene rings is 1. The molecular weight excluding hydrogens is 308 g/mol. The molecule has 1 amide bonds. The van der Waals surface area contributed by atoms with Crippen molar-refractivity contribution in [2.75, 3.05) is 18.5 Å². The molecule has 7 nitrogen and oxygen atoms in total. The molecule has 1 saturated heterocycles. The van der Waals surface area contributed by atoms with Crippen LogP contribution in [0.3, 0.4) is 0 Å². The molecule has 1 atom stereocenters. The molecule has 3 rings (SSSR count). The highest BCUT2D eigenvalue weighted by Crippen LogP contribution is 2.23. The highest BCUT2D eigenvalue weighted by Gasteiger charge is 2.26. The van der Waals surface area contributed by atoms with E-state index in [0.29, 0.717) is 30.5 Å². The molecule has 0 radical (unpaired) electrons. The Morgan fingerprint density at radius 2 is 2.12 bits per heavy atom. The van der Waals surface area contributed by atoms with Crippen LogP contribution in [0, 0.1) is 5.92 Å². The highest BCUT2D eigenvalue weighted by atomic mass is 16.5. The summed E-state index contributed by atoms with van der Waals surface area (Å²) in [7, 11) is 0. The molecule has 2 aromatic rings. The van der Waals surface area contributed by atoms with Gasteiger partial charge >= 0.3 is 0 Å². The van der Waals surface area contributed by atoms with Gasteiger partial charge in [-0.2, -0.15) is 5.10 Å². The number of hydrogen-bond donors (Lipinski definition) is 2. The van der Waals surface area contributed by atoms with Crippen molar-refractivity contribution in [2.45, 2.75) is 18.9 Å². The van der Waals surface area contributed by atoms with Crippen molar-refractivity contribution in [1.29, 1.82) is 0 Å². The second kappa shape index (κ2) is 7.85. The number of anilines is 1. The lowest BCUT2D eigenvalue weighted by molar-refractivity contribution is -0.119. The number of aromatic nitrogens is 2. The predicted molar refractivity (Wildman–Crippen MR) is 88.7 cm³/mol. The Labute approximate surface area is 140 Å². The summed E-state index contributed by atoms with van der Waals surface area (Å²) in [6, 6.07) is 9.99. The van der Waals surface area contributed by atoms with Gasteiger partial charge in [0.1, 0.15) is 5.75 Å². The zero-order chi connectivity index (χ0) is 16.8. The van der Waals surface area contributed by atoms with E-state index in [0.717, 1.165) is 12.8 Å². The van der Waals surface area contributed by atoms with E-state index < -0.39 is 6.04 Å². The van der Waals surface area contributed by atoms with Gasteiger partial charge in [-0.3, -0.25) is 4.79 Å². The molecule has 0 spiro atoms. The summed E-state index contributed by atoms with van der Waals surface area (Å²) < 4.78 is 10.9. The Bertz CT molecular complexity index is 675. The molecule has 1 fully saturated rings. The van der Waals surface area contributed by atoms with E-state index in [2.05, 4.69) is 15.5 Å². The minimum atomic E-state index is -0.543. The summed E-state index contributed by atoms with van der Waals surface area (Å²) in [6.45, 7) is 1.32. The highest BCUT2D eigenvalue weighted by molar-refractivity contribution is 5.95. The van der Waals surface area contributed by atoms with Crippen LogP contribution >= 0.6 is 0 Å². The first kappa shape index (κ1) is 16.4. The maximum atomic E-state index is 12.3. The number of nitrogens with zero attached hydrogens (tertiary/aromatic N) is 2. The van der Waals surface area contributed by atoms with Crippen molar-refractivity contribution in [3.05, 3.63) is 42.6 Å². The fourth-order valence-electron chi connectivity index (χ4n) is 2.61. The molecule has 7 heteroatoms. The summed E-state index contributed by atoms with van der Waals surface area (Å²) in [5.41, 5.74) is 6.71. The van der Waals surface area contributed by atoms with Gasteiger partial charge in [0.15, 0.2) is 0 Å². The van der Waals surface area contributed by atoms with Crippen LogP contribution < -0.4 is 15.8 Å². The number of carbonyl (C=O) groups is 1. The third-order valence-corrected chi connectivity index (χ3v) is 3.95. The summed E-state index contributed by atoms with van der Waals surface area (Å²) in [4.78, 5) is 12.3. The van der Waals surface area contributed by atoms with Gasteiger partial charge < -0.3 is 20.5 Å². The van der Waals surface area contributed by atoms with Gasteiger partial charge in [-0.05, 0) is 37.0 Å². The molecule has 1 aliphatic rings. The minimum Gasteiger partial charge on any atom is -0.437 e. The predicted octanol–water partition coefficient (Wildman–Crippen LogP) is 1.96. The standard InChI is InChI=1S/C17H20N4O3/c18-16(12-6-9-23-10-7-12)17(22)20-13-3-1-4-14(11-13)24-15-5-2-8-19-21-15/h1-5,8,11-12,16H,6-7,9-10,18H2,(H,20,22). The van der Waals surface area contributed by atoms with Crippen molar-refractivity contribution in [3.8, 4) is 11.6 Å². The lowest BCUT2D eigenvalue weighted by Crippen LogP contribution is -2.43. The third kappa shape index (κ3) is 4.27. The first-order valence-corrected chi connectivity index (χ1v) is 7.92. The van der Waals surface area contributed by atoms with Crippen molar-refractivity contribution >= 4 is 11.6 Å². The number of carbonyl (C=O) groups excluding carboxylic acids is 1. The first-order chi connectivity index (χ1) is 11.7. The topological polar surface area (TPSA) is 99.4 Å². The average molecular weight is 328 g/mol. The summed E-state index contributed by atoms with van der Waals surface area (Å²) in [5.74, 6) is 0.907. The van der Waals surface area contributed by atoms with Gasteiger partial charge in [0, 0.05) is 37.2 Å². The molecule has 3 N–H and O–H groups in total. The van der Waals surface area contributed by atoms with Crippen molar-refractivity contribution < 1.29 is 14.3 Å². The molecule has 2 heterocycles. The fraction of sp³-hybridized carbons (Fsp3) is 0.353. The van der Waals surface area contributed by atoms with E-state index in [4.69, 9.17) is 15.2 Å². The number of rotatable bonds is 5. The molecule has 126 valence electrons. The lowest BCUT2D eigenvalue weighted by atomic mass is 9.92. The van der Waals surface area contributed by atoms with Crippen molar-refractivity contribution in [3.63, 3.8) is 0 Å². The monoisotopic (exact) mass is 328 g/mol. The SMILES string of the molecule is NC(C(=O)Nc1cccc(Oc2cccnn2)c1)C1CCOCC1. The minimum absolute atomic E-state index is 0.151. The lowest BCUT2D eigenvalue weighted by Gasteiger charge is -2.26. The maximum Gasteiger partial charge on any atom is 0.241 e. The van der Waals surface area contributed by atoms with Gasteiger partial charge in [-0.1, -0.05) is 6.07 Å². The van der Waals surface area contributed by atoms with Crippen LogP contribution in [0.5, 0.6) is 11.6 Å². The van der Waals surface area contributed by atoms with Crippen LogP contribution in [0.15, 0.2) is 42.6 Å². The van der Waals surface area contributed by atoms with Gasteiger partial charge in [-0.25, -0.2) is 0 Å². The van der Waals surface area contributed by atoms with Crippen LogP contribution in [-0.2, 0) is 9.53 Å². The quantitative estimate of drug-likeness (QED) is 0.870. The van der Waals surface area contributed by atoms with Crippen molar-refractivity contribution in [1.82, 2.24) is 10.2 Å². The van der Waals surface area contributed by atoms with Crippen LogP contribution in [0.2, 0.25) is 0 Å². The van der Waals surface area contributed by atoms with E-state index >= 15 is 0 Å². The Hall–Kier alpha value is -2.51. The molecule has 0 aliphatic carbocycles. The zero-order valence-corrected chi connectivity index (χ0v) is 13.2. The van der Waals surface area contributed by atoms with E-state index in [1.54, 1.807) is 42.6 Å². The van der Waals surface area contributed by atoms with Crippen LogP contribution in [0.4, 0.5) is 5.69 Å². The Morgan fingerprint density at radius 1 is 1.29 bits per heavy atom. The smallest absolute Gasteiger partial charge is 0.241 e. The normalized spacial score (nSPS) is 16.4. The molecule has 0 saturated carbocycles. The second-order valence-electron chi connectivity index (χ2n) is 5.66. The van der Waals surface area contributed by atoms with E-state index in [9.17, 15) is 4.79 Å². The van der Waals surface area contributed by atoms with Gasteiger partial charge in [0.2, 0.25) is 11.8 Å². The Morgan fingerprint density at radius 3 is 2.88 bits per heavy atom. The van der Waals surface area contributed by atoms with E-state index in [-0.39, 0.29) is 11.8 Å². The van der Waals surface area contributed by atoms with Crippen LogP contribution in [0.1, 0.15) is 12.8 Å². The average Bonchev–Trinajstić information content (AvgIpc) is 2.63. The van der Waals surface area contributed by atoms with Gasteiger partial charge in [-0.15, -0.1) is 5.10 Å². The largest absolute Gasteiger partial charge is 0.437 e. The molecule has 1 aliphatic heterocycles. The van der Waals surface area contributed by atoms with Crippen molar-refractivity contribution in [2.24, 2.45) is 11.7 Å². The number of nitrogens with one attached hydrogen (secondary N) is 1. The van der Waals surface area contributed by atoms with Crippen LogP contribution in [-0.4, -0.2) is 35.4 Å². The molecular formula is C17H20N4O3. The van der Waals surface area contributed by atoms with Gasteiger partial charge in [0.25, 0.3) is 0 Å². The molecule has 1 aromatic carbocycles. The molecule has 1 aromatic heterocycles. The third-order valence-electron chi connectivity index (χ3n) is 3.95.